The lowest BCUT2D eigenvalue weighted by atomic mass is 9.86. The highest BCUT2D eigenvalue weighted by Gasteiger charge is 2.27. The van der Waals surface area contributed by atoms with Gasteiger partial charge in [0.05, 0.1) is 6.04 Å². The topological polar surface area (TPSA) is 35.2 Å². The second-order valence-corrected chi connectivity index (χ2v) is 6.14. The summed E-state index contributed by atoms with van der Waals surface area (Å²) in [6, 6.07) is 16.8. The van der Waals surface area contributed by atoms with Gasteiger partial charge in [-0.1, -0.05) is 50.2 Å². The fourth-order valence-corrected chi connectivity index (χ4v) is 3.00. The van der Waals surface area contributed by atoms with E-state index in [1.54, 1.807) is 0 Å². The largest absolute Gasteiger partial charge is 0.488 e. The minimum atomic E-state index is -0.0419. The van der Waals surface area contributed by atoms with Gasteiger partial charge in [-0.2, -0.15) is 0 Å². The normalized spacial score (nSPS) is 21.1. The monoisotopic (exact) mass is 281 g/mol. The Hall–Kier alpha value is -1.80. The van der Waals surface area contributed by atoms with Crippen LogP contribution in [0, 0.1) is 0 Å². The van der Waals surface area contributed by atoms with Gasteiger partial charge in [0.15, 0.2) is 0 Å². The third kappa shape index (κ3) is 2.96. The van der Waals surface area contributed by atoms with E-state index in [4.69, 9.17) is 10.5 Å². The maximum atomic E-state index is 6.39. The molecule has 0 amide bonds. The van der Waals surface area contributed by atoms with Crippen LogP contribution in [-0.2, 0) is 6.42 Å². The Morgan fingerprint density at radius 1 is 1.05 bits per heavy atom. The average Bonchev–Trinajstić information content (AvgIpc) is 2.51. The highest BCUT2D eigenvalue weighted by atomic mass is 16.5. The first kappa shape index (κ1) is 14.2. The van der Waals surface area contributed by atoms with Gasteiger partial charge in [0, 0.05) is 0 Å². The molecule has 3 rings (SSSR count). The highest BCUT2D eigenvalue weighted by molar-refractivity contribution is 5.34. The van der Waals surface area contributed by atoms with Gasteiger partial charge in [0.2, 0.25) is 0 Å². The molecule has 0 aromatic heterocycles. The van der Waals surface area contributed by atoms with E-state index in [1.807, 2.05) is 0 Å². The molecule has 2 aromatic carbocycles. The van der Waals surface area contributed by atoms with Crippen molar-refractivity contribution in [3.63, 3.8) is 0 Å². The molecule has 0 aliphatic heterocycles. The molecule has 2 atom stereocenters. The number of hydrogen-bond acceptors (Lipinski definition) is 2. The van der Waals surface area contributed by atoms with Gasteiger partial charge in [-0.25, -0.2) is 0 Å². The van der Waals surface area contributed by atoms with E-state index >= 15 is 0 Å². The maximum Gasteiger partial charge on any atom is 0.119 e. The molecule has 0 radical (unpaired) electrons. The number of rotatable bonds is 3. The Morgan fingerprint density at radius 3 is 2.48 bits per heavy atom. The molecule has 0 bridgehead atoms. The van der Waals surface area contributed by atoms with Crippen LogP contribution < -0.4 is 10.5 Å². The Labute approximate surface area is 126 Å². The zero-order chi connectivity index (χ0) is 14.8. The van der Waals surface area contributed by atoms with Gasteiger partial charge in [-0.3, -0.25) is 0 Å². The first-order chi connectivity index (χ1) is 10.1. The number of ether oxygens (including phenoxy) is 1. The predicted octanol–water partition coefficient (Wildman–Crippen LogP) is 4.20. The Kier molecular flexibility index (Phi) is 3.98. The minimum Gasteiger partial charge on any atom is -0.488 e. The summed E-state index contributed by atoms with van der Waals surface area (Å²) in [7, 11) is 0. The molecule has 0 heterocycles. The molecule has 0 saturated heterocycles. The summed E-state index contributed by atoms with van der Waals surface area (Å²) < 4.78 is 6.13. The van der Waals surface area contributed by atoms with Crippen molar-refractivity contribution in [2.24, 2.45) is 5.73 Å². The predicted molar refractivity (Wildman–Crippen MR) is 86.6 cm³/mol. The van der Waals surface area contributed by atoms with Gasteiger partial charge in [0.25, 0.3) is 0 Å². The smallest absolute Gasteiger partial charge is 0.119 e. The molecule has 0 spiro atoms. The summed E-state index contributed by atoms with van der Waals surface area (Å²) in [6.07, 6.45) is 2.08. The Bertz CT molecular complexity index is 603. The van der Waals surface area contributed by atoms with Crippen LogP contribution in [0.3, 0.4) is 0 Å². The van der Waals surface area contributed by atoms with Gasteiger partial charge in [-0.15, -0.1) is 0 Å². The molecule has 2 heteroatoms. The van der Waals surface area contributed by atoms with E-state index in [-0.39, 0.29) is 12.1 Å². The number of benzene rings is 2. The van der Waals surface area contributed by atoms with Gasteiger partial charge in [-0.05, 0) is 47.6 Å². The molecule has 0 fully saturated rings. The SMILES string of the molecule is CC(C)c1ccc(OC2CCc3ccccc3C2N)cc1. The van der Waals surface area contributed by atoms with E-state index in [2.05, 4.69) is 62.4 Å². The molecular formula is C19H23NO. The van der Waals surface area contributed by atoms with Crippen molar-refractivity contribution in [2.75, 3.05) is 0 Å². The van der Waals surface area contributed by atoms with E-state index in [1.165, 1.54) is 16.7 Å². The minimum absolute atomic E-state index is 0.0419. The molecule has 2 N–H and O–H groups in total. The molecule has 1 aliphatic rings. The quantitative estimate of drug-likeness (QED) is 0.915. The average molecular weight is 281 g/mol. The van der Waals surface area contributed by atoms with Crippen LogP contribution in [0.2, 0.25) is 0 Å². The lowest BCUT2D eigenvalue weighted by Crippen LogP contribution is -2.35. The Balaban J connectivity index is 1.74. The molecule has 2 nitrogen and oxygen atoms in total. The van der Waals surface area contributed by atoms with Crippen LogP contribution in [-0.4, -0.2) is 6.10 Å². The highest BCUT2D eigenvalue weighted by Crippen LogP contribution is 2.31. The second-order valence-electron chi connectivity index (χ2n) is 6.14. The van der Waals surface area contributed by atoms with Crippen LogP contribution >= 0.6 is 0 Å². The van der Waals surface area contributed by atoms with Crippen molar-refractivity contribution in [2.45, 2.75) is 44.8 Å². The van der Waals surface area contributed by atoms with Crippen LogP contribution in [0.5, 0.6) is 5.75 Å². The first-order valence-corrected chi connectivity index (χ1v) is 7.75. The second kappa shape index (κ2) is 5.90. The Morgan fingerprint density at radius 2 is 1.76 bits per heavy atom. The van der Waals surface area contributed by atoms with Crippen LogP contribution in [0.15, 0.2) is 48.5 Å². The van der Waals surface area contributed by atoms with Crippen molar-refractivity contribution in [1.29, 1.82) is 0 Å². The molecule has 110 valence electrons. The number of hydrogen-bond donors (Lipinski definition) is 1. The summed E-state index contributed by atoms with van der Waals surface area (Å²) in [5.74, 6) is 1.46. The van der Waals surface area contributed by atoms with Crippen LogP contribution in [0.1, 0.15) is 48.9 Å². The van der Waals surface area contributed by atoms with E-state index in [0.29, 0.717) is 5.92 Å². The van der Waals surface area contributed by atoms with Gasteiger partial charge < -0.3 is 10.5 Å². The summed E-state index contributed by atoms with van der Waals surface area (Å²) in [4.78, 5) is 0. The molecule has 21 heavy (non-hydrogen) atoms. The third-order valence-corrected chi connectivity index (χ3v) is 4.35. The maximum absolute atomic E-state index is 6.39. The van der Waals surface area contributed by atoms with Crippen molar-refractivity contribution in [3.8, 4) is 5.75 Å². The van der Waals surface area contributed by atoms with E-state index in [0.717, 1.165) is 18.6 Å². The van der Waals surface area contributed by atoms with Crippen molar-refractivity contribution < 1.29 is 4.74 Å². The summed E-state index contributed by atoms with van der Waals surface area (Å²) >= 11 is 0. The number of nitrogens with two attached hydrogens (primary N) is 1. The van der Waals surface area contributed by atoms with Crippen molar-refractivity contribution in [1.82, 2.24) is 0 Å². The van der Waals surface area contributed by atoms with Gasteiger partial charge >= 0.3 is 0 Å². The lowest BCUT2D eigenvalue weighted by Gasteiger charge is -2.31. The van der Waals surface area contributed by atoms with Crippen molar-refractivity contribution in [3.05, 3.63) is 65.2 Å². The molecular weight excluding hydrogens is 258 g/mol. The zero-order valence-electron chi connectivity index (χ0n) is 12.8. The summed E-state index contributed by atoms with van der Waals surface area (Å²) in [5, 5.41) is 0. The van der Waals surface area contributed by atoms with Crippen LogP contribution in [0.4, 0.5) is 0 Å². The zero-order valence-corrected chi connectivity index (χ0v) is 12.8. The fraction of sp³-hybridized carbons (Fsp3) is 0.368. The standard InChI is InChI=1S/C19H23NO/c1-13(2)14-7-10-16(11-8-14)21-18-12-9-15-5-3-4-6-17(15)19(18)20/h3-8,10-11,13,18-19H,9,12,20H2,1-2H3. The van der Waals surface area contributed by atoms with Gasteiger partial charge in [0.1, 0.15) is 11.9 Å². The molecule has 2 aromatic rings. The third-order valence-electron chi connectivity index (χ3n) is 4.35. The van der Waals surface area contributed by atoms with Crippen molar-refractivity contribution >= 4 is 0 Å². The molecule has 2 unspecified atom stereocenters. The fourth-order valence-electron chi connectivity index (χ4n) is 3.00. The number of aryl methyl sites for hydroxylation is 1. The summed E-state index contributed by atoms with van der Waals surface area (Å²) in [6.45, 7) is 4.40. The van der Waals surface area contributed by atoms with E-state index in [9.17, 15) is 0 Å². The van der Waals surface area contributed by atoms with Crippen LogP contribution in [0.25, 0.3) is 0 Å². The lowest BCUT2D eigenvalue weighted by molar-refractivity contribution is 0.153. The van der Waals surface area contributed by atoms with E-state index < -0.39 is 0 Å². The summed E-state index contributed by atoms with van der Waals surface area (Å²) in [5.41, 5.74) is 10.3. The molecule has 0 saturated carbocycles. The first-order valence-electron chi connectivity index (χ1n) is 7.75. The number of fused-ring (bicyclic) bond motifs is 1. The molecule has 1 aliphatic carbocycles.